The minimum atomic E-state index is -4.06. The van der Waals surface area contributed by atoms with E-state index in [0.29, 0.717) is 6.61 Å². The van der Waals surface area contributed by atoms with Crippen LogP contribution in [0, 0.1) is 0 Å². The second kappa shape index (κ2) is 8.81. The average Bonchev–Trinajstić information content (AvgIpc) is 2.67. The van der Waals surface area contributed by atoms with Crippen LogP contribution < -0.4 is 9.46 Å². The normalized spacial score (nSPS) is 17.1. The maximum absolute atomic E-state index is 12.9. The molecule has 1 atom stereocenters. The molecule has 0 unspecified atom stereocenters. The highest BCUT2D eigenvalue weighted by molar-refractivity contribution is 7.92. The molecule has 0 spiro atoms. The van der Waals surface area contributed by atoms with Crippen LogP contribution in [-0.2, 0) is 14.8 Å². The molecule has 0 aromatic heterocycles. The van der Waals surface area contributed by atoms with Gasteiger partial charge in [0.05, 0.1) is 11.7 Å². The molecular weight excluding hydrogens is 406 g/mol. The zero-order valence-electron chi connectivity index (χ0n) is 14.9. The molecule has 1 saturated heterocycles. The van der Waals surface area contributed by atoms with Crippen LogP contribution in [0.25, 0.3) is 0 Å². The fraction of sp³-hybridized carbons (Fsp3) is 0.316. The van der Waals surface area contributed by atoms with E-state index in [4.69, 9.17) is 26.2 Å². The van der Waals surface area contributed by atoms with Crippen molar-refractivity contribution < 1.29 is 27.8 Å². The molecule has 2 aromatic rings. The summed E-state index contributed by atoms with van der Waals surface area (Å²) in [6.07, 6.45) is 2.83. The first kappa shape index (κ1) is 20.4. The van der Waals surface area contributed by atoms with Gasteiger partial charge < -0.3 is 14.6 Å². The number of carbonyl (C=O) groups is 1. The van der Waals surface area contributed by atoms with Crippen molar-refractivity contribution in [2.45, 2.75) is 30.3 Å². The van der Waals surface area contributed by atoms with E-state index in [1.165, 1.54) is 36.4 Å². The van der Waals surface area contributed by atoms with Gasteiger partial charge in [-0.25, -0.2) is 13.2 Å². The van der Waals surface area contributed by atoms with Gasteiger partial charge in [-0.1, -0.05) is 17.7 Å². The summed E-state index contributed by atoms with van der Waals surface area (Å²) in [6, 6.07) is 9.86. The predicted octanol–water partition coefficient (Wildman–Crippen LogP) is 3.79. The predicted molar refractivity (Wildman–Crippen MR) is 105 cm³/mol. The Bertz CT molecular complexity index is 957. The van der Waals surface area contributed by atoms with Crippen LogP contribution in [0.2, 0.25) is 5.02 Å². The van der Waals surface area contributed by atoms with Crippen LogP contribution in [0.15, 0.2) is 47.4 Å². The Balaban J connectivity index is 1.83. The molecule has 1 aliphatic rings. The largest absolute Gasteiger partial charge is 0.489 e. The van der Waals surface area contributed by atoms with Crippen molar-refractivity contribution >= 4 is 33.3 Å². The lowest BCUT2D eigenvalue weighted by atomic mass is 10.1. The lowest BCUT2D eigenvalue weighted by Crippen LogP contribution is -2.26. The summed E-state index contributed by atoms with van der Waals surface area (Å²) < 4.78 is 39.5. The van der Waals surface area contributed by atoms with E-state index in [1.807, 2.05) is 0 Å². The lowest BCUT2D eigenvalue weighted by molar-refractivity contribution is -0.0116. The number of sulfonamides is 1. The van der Waals surface area contributed by atoms with Crippen molar-refractivity contribution in [1.82, 2.24) is 0 Å². The van der Waals surface area contributed by atoms with Gasteiger partial charge in [0, 0.05) is 17.3 Å². The summed E-state index contributed by atoms with van der Waals surface area (Å²) in [4.78, 5) is 11.0. The molecule has 0 bridgehead atoms. The van der Waals surface area contributed by atoms with Crippen molar-refractivity contribution in [2.75, 3.05) is 17.9 Å². The first-order valence-corrected chi connectivity index (χ1v) is 10.6. The number of anilines is 1. The smallest absolute Gasteiger partial charge is 0.335 e. The Morgan fingerprint density at radius 1 is 1.25 bits per heavy atom. The molecule has 9 heteroatoms. The van der Waals surface area contributed by atoms with Crippen molar-refractivity contribution in [1.29, 1.82) is 0 Å². The molecule has 150 valence electrons. The Kier molecular flexibility index (Phi) is 6.43. The minimum Gasteiger partial charge on any atom is -0.489 e. The summed E-state index contributed by atoms with van der Waals surface area (Å²) in [6.45, 7) is 0.903. The summed E-state index contributed by atoms with van der Waals surface area (Å²) >= 11 is 5.99. The molecule has 0 amide bonds. The molecule has 2 N–H and O–H groups in total. The molecule has 2 aromatic carbocycles. The third kappa shape index (κ3) is 5.15. The summed E-state index contributed by atoms with van der Waals surface area (Å²) in [5.74, 6) is -0.999. The molecule has 7 nitrogen and oxygen atoms in total. The Morgan fingerprint density at radius 2 is 2.07 bits per heavy atom. The number of nitrogens with one attached hydrogen (secondary N) is 1. The number of benzene rings is 2. The van der Waals surface area contributed by atoms with Crippen LogP contribution in [0.1, 0.15) is 29.6 Å². The molecule has 1 aliphatic heterocycles. The number of carboxylic acid groups (broad SMARTS) is 1. The standard InChI is InChI=1S/C19H20ClNO6S/c20-14-7-8-17(27-12-16-6-1-2-9-26-16)18(11-14)28(24,25)21-15-5-3-4-13(10-15)19(22)23/h3-5,7-8,10-11,16,21H,1-2,6,9,12H2,(H,22,23)/t16-/m1/s1. The summed E-state index contributed by atoms with van der Waals surface area (Å²) in [5, 5.41) is 9.31. The monoisotopic (exact) mass is 425 g/mol. The second-order valence-corrected chi connectivity index (χ2v) is 8.47. The zero-order chi connectivity index (χ0) is 20.1. The maximum Gasteiger partial charge on any atom is 0.335 e. The van der Waals surface area contributed by atoms with Gasteiger partial charge in [-0.2, -0.15) is 0 Å². The maximum atomic E-state index is 12.9. The van der Waals surface area contributed by atoms with Gasteiger partial charge in [0.2, 0.25) is 0 Å². The van der Waals surface area contributed by atoms with E-state index in [-0.39, 0.29) is 39.6 Å². The lowest BCUT2D eigenvalue weighted by Gasteiger charge is -2.23. The number of aromatic carboxylic acids is 1. The van der Waals surface area contributed by atoms with E-state index in [0.717, 1.165) is 19.3 Å². The Morgan fingerprint density at radius 3 is 2.79 bits per heavy atom. The van der Waals surface area contributed by atoms with Crippen molar-refractivity contribution in [2.24, 2.45) is 0 Å². The van der Waals surface area contributed by atoms with Crippen molar-refractivity contribution in [3.63, 3.8) is 0 Å². The molecule has 28 heavy (non-hydrogen) atoms. The molecule has 0 aliphatic carbocycles. The highest BCUT2D eigenvalue weighted by Crippen LogP contribution is 2.30. The van der Waals surface area contributed by atoms with E-state index < -0.39 is 16.0 Å². The van der Waals surface area contributed by atoms with Crippen LogP contribution in [0.5, 0.6) is 5.75 Å². The SMILES string of the molecule is O=C(O)c1cccc(NS(=O)(=O)c2cc(Cl)ccc2OC[C@H]2CCCCO2)c1. The van der Waals surface area contributed by atoms with Gasteiger partial charge in [0.1, 0.15) is 17.3 Å². The topological polar surface area (TPSA) is 102 Å². The molecular formula is C19H20ClNO6S. The first-order valence-electron chi connectivity index (χ1n) is 8.75. The fourth-order valence-electron chi connectivity index (χ4n) is 2.86. The van der Waals surface area contributed by atoms with Gasteiger partial charge in [0.25, 0.3) is 10.0 Å². The van der Waals surface area contributed by atoms with E-state index >= 15 is 0 Å². The summed E-state index contributed by atoms with van der Waals surface area (Å²) in [7, 11) is -4.06. The fourth-order valence-corrected chi connectivity index (χ4v) is 4.32. The number of halogens is 1. The minimum absolute atomic E-state index is 0.0304. The van der Waals surface area contributed by atoms with Gasteiger partial charge in [-0.3, -0.25) is 4.72 Å². The Labute approximate surface area is 168 Å². The van der Waals surface area contributed by atoms with Gasteiger partial charge in [0.15, 0.2) is 0 Å². The number of hydrogen-bond acceptors (Lipinski definition) is 5. The summed E-state index contributed by atoms with van der Waals surface area (Å²) in [5.41, 5.74) is 0.0960. The molecule has 3 rings (SSSR count). The highest BCUT2D eigenvalue weighted by atomic mass is 35.5. The van der Waals surface area contributed by atoms with Gasteiger partial charge in [-0.05, 0) is 55.7 Å². The number of ether oxygens (including phenoxy) is 2. The quantitative estimate of drug-likeness (QED) is 0.699. The number of carboxylic acids is 1. The van der Waals surface area contributed by atoms with Gasteiger partial charge in [-0.15, -0.1) is 0 Å². The second-order valence-electron chi connectivity index (χ2n) is 6.38. The molecule has 1 fully saturated rings. The third-order valence-electron chi connectivity index (χ3n) is 4.26. The zero-order valence-corrected chi connectivity index (χ0v) is 16.5. The van der Waals surface area contributed by atoms with Crippen molar-refractivity contribution in [3.05, 3.63) is 53.1 Å². The average molecular weight is 426 g/mol. The van der Waals surface area contributed by atoms with Crippen LogP contribution >= 0.6 is 11.6 Å². The van der Waals surface area contributed by atoms with E-state index in [1.54, 1.807) is 6.07 Å². The van der Waals surface area contributed by atoms with Crippen LogP contribution in [0.4, 0.5) is 5.69 Å². The highest BCUT2D eigenvalue weighted by Gasteiger charge is 2.23. The van der Waals surface area contributed by atoms with Gasteiger partial charge >= 0.3 is 5.97 Å². The molecule has 0 radical (unpaired) electrons. The van der Waals surface area contributed by atoms with Crippen LogP contribution in [0.3, 0.4) is 0 Å². The van der Waals surface area contributed by atoms with E-state index in [9.17, 15) is 13.2 Å². The molecule has 1 heterocycles. The number of rotatable bonds is 7. The van der Waals surface area contributed by atoms with E-state index in [2.05, 4.69) is 4.72 Å². The Hall–Kier alpha value is -2.29. The number of hydrogen-bond donors (Lipinski definition) is 2. The third-order valence-corrected chi connectivity index (χ3v) is 5.89. The first-order chi connectivity index (χ1) is 13.3. The molecule has 0 saturated carbocycles. The van der Waals surface area contributed by atoms with Crippen LogP contribution in [-0.4, -0.2) is 38.8 Å². The van der Waals surface area contributed by atoms with Crippen molar-refractivity contribution in [3.8, 4) is 5.75 Å².